The highest BCUT2D eigenvalue weighted by Crippen LogP contribution is 2.33. The van der Waals surface area contributed by atoms with Crippen LogP contribution in [0, 0.1) is 0 Å². The van der Waals surface area contributed by atoms with Crippen LogP contribution in [0.2, 0.25) is 0 Å². The molecule has 0 unspecified atom stereocenters. The first kappa shape index (κ1) is 17.5. The van der Waals surface area contributed by atoms with E-state index in [0.717, 1.165) is 11.1 Å². The van der Waals surface area contributed by atoms with Crippen LogP contribution in [0.5, 0.6) is 5.75 Å². The van der Waals surface area contributed by atoms with Crippen LogP contribution in [0.1, 0.15) is 33.1 Å². The summed E-state index contributed by atoms with van der Waals surface area (Å²) in [6.45, 7) is 0. The molecule has 1 aliphatic rings. The lowest BCUT2D eigenvalue weighted by molar-refractivity contribution is 0.103. The number of nitrogens with one attached hydrogen (secondary N) is 1. The second-order valence-electron chi connectivity index (χ2n) is 6.30. The Kier molecular flexibility index (Phi) is 4.51. The molecule has 0 spiro atoms. The third-order valence-electron chi connectivity index (χ3n) is 4.50. The molecule has 4 rings (SSSR count). The lowest BCUT2D eigenvalue weighted by Crippen LogP contribution is -2.37. The monoisotopic (exact) mass is 379 g/mol. The van der Waals surface area contributed by atoms with Crippen LogP contribution in [0.25, 0.3) is 0 Å². The smallest absolute Gasteiger partial charge is 0.371 e. The maximum Gasteiger partial charge on any atom is 0.383 e. The molecule has 136 valence electrons. The van der Waals surface area contributed by atoms with E-state index in [4.69, 9.17) is 4.18 Å². The molecule has 0 amide bonds. The zero-order valence-electron chi connectivity index (χ0n) is 14.3. The van der Waals surface area contributed by atoms with E-state index in [-0.39, 0.29) is 5.78 Å². The van der Waals surface area contributed by atoms with Gasteiger partial charge in [-0.1, -0.05) is 72.8 Å². The molecule has 0 aliphatic carbocycles. The lowest BCUT2D eigenvalue weighted by atomic mass is 9.92. The summed E-state index contributed by atoms with van der Waals surface area (Å²) in [6, 6.07) is 22.8. The zero-order valence-corrected chi connectivity index (χ0v) is 15.1. The Labute approximate surface area is 157 Å². The lowest BCUT2D eigenvalue weighted by Gasteiger charge is -2.26. The highest BCUT2D eigenvalue weighted by atomic mass is 32.2. The van der Waals surface area contributed by atoms with Gasteiger partial charge in [0.25, 0.3) is 0 Å². The fourth-order valence-corrected chi connectivity index (χ4v) is 4.26. The summed E-state index contributed by atoms with van der Waals surface area (Å²) in [7, 11) is -3.89. The summed E-state index contributed by atoms with van der Waals surface area (Å²) in [5, 5.41) is 0. The summed E-state index contributed by atoms with van der Waals surface area (Å²) in [5.41, 5.74) is 2.68. The van der Waals surface area contributed by atoms with E-state index in [1.54, 1.807) is 30.3 Å². The van der Waals surface area contributed by atoms with Crippen molar-refractivity contribution in [2.75, 3.05) is 0 Å². The number of fused-ring (bicyclic) bond motifs is 1. The number of ketones is 1. The quantitative estimate of drug-likeness (QED) is 0.705. The largest absolute Gasteiger partial charge is 0.383 e. The van der Waals surface area contributed by atoms with E-state index in [1.807, 2.05) is 48.5 Å². The van der Waals surface area contributed by atoms with E-state index in [2.05, 4.69) is 4.72 Å². The number of carbonyl (C=O) groups excluding carboxylic acids is 1. The molecule has 0 radical (unpaired) electrons. The molecule has 0 fully saturated rings. The molecular weight excluding hydrogens is 362 g/mol. The molecule has 27 heavy (non-hydrogen) atoms. The molecule has 3 aromatic rings. The number of hydrogen-bond donors (Lipinski definition) is 1. The highest BCUT2D eigenvalue weighted by Gasteiger charge is 2.31. The summed E-state index contributed by atoms with van der Waals surface area (Å²) < 4.78 is 31.7. The van der Waals surface area contributed by atoms with Crippen molar-refractivity contribution >= 4 is 16.1 Å². The van der Waals surface area contributed by atoms with Crippen LogP contribution in [-0.4, -0.2) is 14.2 Å². The normalized spacial score (nSPS) is 17.6. The van der Waals surface area contributed by atoms with Gasteiger partial charge in [-0.05, 0) is 18.1 Å². The summed E-state index contributed by atoms with van der Waals surface area (Å²) in [6.07, 6.45) is 0.342. The standard InChI is InChI=1S/C21H17NO4S/c23-21(15-8-2-1-3-9-15)17-11-5-4-10-16(17)14-19-18-12-6-7-13-20(18)26-27(24,25)22-19/h1-13,19,22H,14H2/t19-/m1/s1. The summed E-state index contributed by atoms with van der Waals surface area (Å²) >= 11 is 0. The molecule has 1 N–H and O–H groups in total. The van der Waals surface area contributed by atoms with Gasteiger partial charge in [0.15, 0.2) is 5.78 Å². The number of para-hydroxylation sites is 1. The van der Waals surface area contributed by atoms with Gasteiger partial charge in [0.1, 0.15) is 5.75 Å². The third-order valence-corrected chi connectivity index (χ3v) is 5.47. The Morgan fingerprint density at radius 3 is 2.37 bits per heavy atom. The van der Waals surface area contributed by atoms with E-state index in [0.29, 0.717) is 23.3 Å². The minimum atomic E-state index is -3.89. The molecule has 1 heterocycles. The molecule has 0 bridgehead atoms. The van der Waals surface area contributed by atoms with Crippen molar-refractivity contribution in [3.8, 4) is 5.75 Å². The van der Waals surface area contributed by atoms with Crippen molar-refractivity contribution in [3.05, 3.63) is 101 Å². The Morgan fingerprint density at radius 1 is 0.889 bits per heavy atom. The molecule has 0 saturated heterocycles. The van der Waals surface area contributed by atoms with Gasteiger partial charge in [-0.2, -0.15) is 13.1 Å². The maximum atomic E-state index is 12.9. The second kappa shape index (κ2) is 6.98. The fraction of sp³-hybridized carbons (Fsp3) is 0.0952. The van der Waals surface area contributed by atoms with E-state index < -0.39 is 16.3 Å². The van der Waals surface area contributed by atoms with E-state index in [9.17, 15) is 13.2 Å². The minimum Gasteiger partial charge on any atom is -0.371 e. The van der Waals surface area contributed by atoms with Gasteiger partial charge >= 0.3 is 10.3 Å². The number of rotatable bonds is 4. The molecule has 6 heteroatoms. The Hall–Kier alpha value is -2.96. The van der Waals surface area contributed by atoms with Gasteiger partial charge in [-0.15, -0.1) is 0 Å². The fourth-order valence-electron chi connectivity index (χ4n) is 3.26. The Bertz CT molecular complexity index is 1090. The van der Waals surface area contributed by atoms with Crippen molar-refractivity contribution in [2.45, 2.75) is 12.5 Å². The molecule has 1 atom stereocenters. The van der Waals surface area contributed by atoms with Gasteiger partial charge in [0.2, 0.25) is 0 Å². The topological polar surface area (TPSA) is 72.5 Å². The van der Waals surface area contributed by atoms with Gasteiger partial charge in [-0.25, -0.2) is 0 Å². The first-order valence-corrected chi connectivity index (χ1v) is 9.93. The summed E-state index contributed by atoms with van der Waals surface area (Å²) in [4.78, 5) is 12.9. The molecule has 3 aromatic carbocycles. The van der Waals surface area contributed by atoms with Gasteiger partial charge < -0.3 is 4.18 Å². The van der Waals surface area contributed by atoms with Crippen molar-refractivity contribution in [2.24, 2.45) is 0 Å². The van der Waals surface area contributed by atoms with Gasteiger partial charge in [-0.3, -0.25) is 4.79 Å². The predicted octanol–water partition coefficient (Wildman–Crippen LogP) is 3.43. The highest BCUT2D eigenvalue weighted by molar-refractivity contribution is 7.85. The second-order valence-corrected chi connectivity index (χ2v) is 7.61. The van der Waals surface area contributed by atoms with Crippen LogP contribution in [-0.2, 0) is 16.7 Å². The van der Waals surface area contributed by atoms with Crippen molar-refractivity contribution in [1.29, 1.82) is 0 Å². The van der Waals surface area contributed by atoms with Crippen LogP contribution in [0.3, 0.4) is 0 Å². The SMILES string of the molecule is O=C(c1ccccc1)c1ccccc1C[C@H]1NS(=O)(=O)Oc2ccccc21. The number of benzene rings is 3. The molecule has 0 aromatic heterocycles. The molecular formula is C21H17NO4S. The summed E-state index contributed by atoms with van der Waals surface area (Å²) in [5.74, 6) is 0.225. The number of hydrogen-bond acceptors (Lipinski definition) is 4. The maximum absolute atomic E-state index is 12.9. The zero-order chi connectivity index (χ0) is 18.9. The first-order chi connectivity index (χ1) is 13.0. The van der Waals surface area contributed by atoms with E-state index in [1.165, 1.54) is 0 Å². The first-order valence-electron chi connectivity index (χ1n) is 8.52. The average Bonchev–Trinajstić information content (AvgIpc) is 2.68. The van der Waals surface area contributed by atoms with Crippen molar-refractivity contribution in [3.63, 3.8) is 0 Å². The molecule has 1 aliphatic heterocycles. The Morgan fingerprint density at radius 2 is 1.56 bits per heavy atom. The van der Waals surface area contributed by atoms with Crippen LogP contribution in [0.4, 0.5) is 0 Å². The third kappa shape index (κ3) is 3.63. The average molecular weight is 379 g/mol. The predicted molar refractivity (Wildman–Crippen MR) is 102 cm³/mol. The van der Waals surface area contributed by atoms with Gasteiger partial charge in [0.05, 0.1) is 6.04 Å². The van der Waals surface area contributed by atoms with E-state index >= 15 is 0 Å². The van der Waals surface area contributed by atoms with Crippen molar-refractivity contribution in [1.82, 2.24) is 4.72 Å². The minimum absolute atomic E-state index is 0.0885. The van der Waals surface area contributed by atoms with Crippen molar-refractivity contribution < 1.29 is 17.4 Å². The molecule has 0 saturated carbocycles. The van der Waals surface area contributed by atoms with Gasteiger partial charge in [0, 0.05) is 16.7 Å². The van der Waals surface area contributed by atoms with Crippen LogP contribution < -0.4 is 8.91 Å². The Balaban J connectivity index is 1.71. The van der Waals surface area contributed by atoms with Crippen LogP contribution >= 0.6 is 0 Å². The number of carbonyl (C=O) groups is 1. The molecule has 5 nitrogen and oxygen atoms in total. The van der Waals surface area contributed by atoms with Crippen LogP contribution in [0.15, 0.2) is 78.9 Å².